The molecular weight excluding hydrogens is 443 g/mol. The normalized spacial score (nSPS) is 17.0. The number of aromatic nitrogens is 2. The van der Waals surface area contributed by atoms with E-state index < -0.39 is 0 Å². The quantitative estimate of drug-likeness (QED) is 0.337. The van der Waals surface area contributed by atoms with Crippen LogP contribution in [0.25, 0.3) is 0 Å². The van der Waals surface area contributed by atoms with Crippen LogP contribution in [0, 0.1) is 5.92 Å². The van der Waals surface area contributed by atoms with Gasteiger partial charge in [-0.1, -0.05) is 13.8 Å². The van der Waals surface area contributed by atoms with Gasteiger partial charge in [0, 0.05) is 52.5 Å². The summed E-state index contributed by atoms with van der Waals surface area (Å²) in [5, 5.41) is 11.1. The monoisotopic (exact) mass is 478 g/mol. The van der Waals surface area contributed by atoms with Gasteiger partial charge >= 0.3 is 0 Å². The Balaban J connectivity index is 0.00000338. The molecule has 1 aliphatic heterocycles. The van der Waals surface area contributed by atoms with E-state index in [1.165, 1.54) is 12.0 Å². The summed E-state index contributed by atoms with van der Waals surface area (Å²) >= 11 is 0. The van der Waals surface area contributed by atoms with E-state index in [9.17, 15) is 0 Å². The van der Waals surface area contributed by atoms with Crippen molar-refractivity contribution in [3.05, 3.63) is 18.0 Å². The summed E-state index contributed by atoms with van der Waals surface area (Å²) in [6.07, 6.45) is 6.08. The Kier molecular flexibility index (Phi) is 11.1. The van der Waals surface area contributed by atoms with Gasteiger partial charge in [-0.2, -0.15) is 5.10 Å². The second kappa shape index (κ2) is 12.5. The van der Waals surface area contributed by atoms with Crippen molar-refractivity contribution in [3.63, 3.8) is 0 Å². The van der Waals surface area contributed by atoms with E-state index in [-0.39, 0.29) is 24.0 Å². The van der Waals surface area contributed by atoms with Crippen LogP contribution in [0.1, 0.15) is 25.8 Å². The third kappa shape index (κ3) is 8.22. The molecule has 0 radical (unpaired) electrons. The van der Waals surface area contributed by atoms with E-state index in [1.807, 2.05) is 25.0 Å². The lowest BCUT2D eigenvalue weighted by atomic mass is 10.0. The third-order valence-corrected chi connectivity index (χ3v) is 4.50. The van der Waals surface area contributed by atoms with Gasteiger partial charge in [0.1, 0.15) is 0 Å². The van der Waals surface area contributed by atoms with E-state index in [0.29, 0.717) is 12.0 Å². The lowest BCUT2D eigenvalue weighted by Gasteiger charge is -2.35. The first-order chi connectivity index (χ1) is 12.1. The molecular formula is C18H35IN6O. The molecule has 2 rings (SSSR count). The zero-order valence-corrected chi connectivity index (χ0v) is 18.9. The molecule has 7 nitrogen and oxygen atoms in total. The van der Waals surface area contributed by atoms with Gasteiger partial charge < -0.3 is 15.4 Å². The van der Waals surface area contributed by atoms with E-state index in [4.69, 9.17) is 4.74 Å². The van der Waals surface area contributed by atoms with Gasteiger partial charge in [0.2, 0.25) is 0 Å². The zero-order chi connectivity index (χ0) is 18.1. The number of nitrogens with one attached hydrogen (secondary N) is 2. The second-order valence-electron chi connectivity index (χ2n) is 7.08. The summed E-state index contributed by atoms with van der Waals surface area (Å²) in [4.78, 5) is 6.89. The van der Waals surface area contributed by atoms with E-state index >= 15 is 0 Å². The number of aryl methyl sites for hydroxylation is 1. The molecule has 2 N–H and O–H groups in total. The Hall–Kier alpha value is -0.870. The molecule has 26 heavy (non-hydrogen) atoms. The standard InChI is InChI=1S/C18H34N6O.HI/c1-15(2)11-17(24-7-9-25-10-8-24)13-21-18(19-3)20-6-5-16-12-22-23(4)14-16;/h12,14-15,17H,5-11,13H2,1-4H3,(H2,19,20,21);1H. The first kappa shape index (κ1) is 23.2. The van der Waals surface area contributed by atoms with E-state index in [2.05, 4.69) is 45.7 Å². The first-order valence-corrected chi connectivity index (χ1v) is 9.32. The molecule has 0 saturated carbocycles. The van der Waals surface area contributed by atoms with Gasteiger partial charge in [0.25, 0.3) is 0 Å². The summed E-state index contributed by atoms with van der Waals surface area (Å²) in [6, 6.07) is 0.515. The number of hydrogen-bond acceptors (Lipinski definition) is 4. The van der Waals surface area contributed by atoms with Gasteiger partial charge in [-0.3, -0.25) is 14.6 Å². The smallest absolute Gasteiger partial charge is 0.191 e. The molecule has 1 aromatic heterocycles. The molecule has 8 heteroatoms. The Bertz CT molecular complexity index is 528. The molecule has 1 aromatic rings. The summed E-state index contributed by atoms with van der Waals surface area (Å²) in [7, 11) is 3.77. The largest absolute Gasteiger partial charge is 0.379 e. The molecule has 0 amide bonds. The minimum atomic E-state index is 0. The fraction of sp³-hybridized carbons (Fsp3) is 0.778. The summed E-state index contributed by atoms with van der Waals surface area (Å²) in [6.45, 7) is 10.0. The van der Waals surface area contributed by atoms with Crippen LogP contribution in [0.2, 0.25) is 0 Å². The number of aliphatic imine (C=N–C) groups is 1. The topological polar surface area (TPSA) is 66.7 Å². The van der Waals surface area contributed by atoms with Gasteiger partial charge in [-0.15, -0.1) is 24.0 Å². The van der Waals surface area contributed by atoms with Gasteiger partial charge in [0.15, 0.2) is 5.96 Å². The molecule has 0 bridgehead atoms. The van der Waals surface area contributed by atoms with Crippen LogP contribution in [-0.2, 0) is 18.2 Å². The lowest BCUT2D eigenvalue weighted by molar-refractivity contribution is 0.0132. The van der Waals surface area contributed by atoms with E-state index in [0.717, 1.165) is 51.8 Å². The maximum Gasteiger partial charge on any atom is 0.191 e. The number of nitrogens with zero attached hydrogens (tertiary/aromatic N) is 4. The maximum absolute atomic E-state index is 5.49. The highest BCUT2D eigenvalue weighted by Gasteiger charge is 2.22. The van der Waals surface area contributed by atoms with Crippen LogP contribution in [-0.4, -0.2) is 73.1 Å². The molecule has 150 valence electrons. The van der Waals surface area contributed by atoms with Crippen LogP contribution < -0.4 is 10.6 Å². The number of ether oxygens (including phenoxy) is 1. The van der Waals surface area contributed by atoms with Crippen molar-refractivity contribution in [3.8, 4) is 0 Å². The number of rotatable bonds is 8. The van der Waals surface area contributed by atoms with Crippen molar-refractivity contribution in [1.82, 2.24) is 25.3 Å². The average Bonchev–Trinajstić information content (AvgIpc) is 3.02. The predicted octanol–water partition coefficient (Wildman–Crippen LogP) is 1.49. The van der Waals surface area contributed by atoms with Crippen molar-refractivity contribution in [2.24, 2.45) is 18.0 Å². The maximum atomic E-state index is 5.49. The first-order valence-electron chi connectivity index (χ1n) is 9.32. The Morgan fingerprint density at radius 2 is 2.04 bits per heavy atom. The molecule has 1 fully saturated rings. The minimum absolute atomic E-state index is 0. The molecule has 1 unspecified atom stereocenters. The highest BCUT2D eigenvalue weighted by atomic mass is 127. The van der Waals surface area contributed by atoms with Crippen molar-refractivity contribution >= 4 is 29.9 Å². The number of guanidine groups is 1. The fourth-order valence-corrected chi connectivity index (χ4v) is 3.21. The Morgan fingerprint density at radius 1 is 1.31 bits per heavy atom. The van der Waals surface area contributed by atoms with Crippen LogP contribution in [0.3, 0.4) is 0 Å². The van der Waals surface area contributed by atoms with Crippen molar-refractivity contribution in [2.45, 2.75) is 32.7 Å². The average molecular weight is 478 g/mol. The summed E-state index contributed by atoms with van der Waals surface area (Å²) in [5.41, 5.74) is 1.23. The summed E-state index contributed by atoms with van der Waals surface area (Å²) in [5.74, 6) is 1.54. The number of halogens is 1. The molecule has 2 heterocycles. The van der Waals surface area contributed by atoms with E-state index in [1.54, 1.807) is 0 Å². The number of morpholine rings is 1. The Labute approximate surface area is 175 Å². The van der Waals surface area contributed by atoms with Gasteiger partial charge in [-0.25, -0.2) is 0 Å². The van der Waals surface area contributed by atoms with Crippen molar-refractivity contribution in [1.29, 1.82) is 0 Å². The van der Waals surface area contributed by atoms with Crippen LogP contribution in [0.15, 0.2) is 17.4 Å². The van der Waals surface area contributed by atoms with Crippen LogP contribution in [0.5, 0.6) is 0 Å². The van der Waals surface area contributed by atoms with Crippen molar-refractivity contribution < 1.29 is 4.74 Å². The SMILES string of the molecule is CN=C(NCCc1cnn(C)c1)NCC(CC(C)C)N1CCOCC1.I. The molecule has 0 spiro atoms. The molecule has 1 atom stereocenters. The molecule has 1 saturated heterocycles. The Morgan fingerprint density at radius 3 is 2.62 bits per heavy atom. The zero-order valence-electron chi connectivity index (χ0n) is 16.6. The van der Waals surface area contributed by atoms with Crippen molar-refractivity contribution in [2.75, 3.05) is 46.4 Å². The third-order valence-electron chi connectivity index (χ3n) is 4.50. The predicted molar refractivity (Wildman–Crippen MR) is 117 cm³/mol. The van der Waals surface area contributed by atoms with Gasteiger partial charge in [-0.05, 0) is 24.3 Å². The highest BCUT2D eigenvalue weighted by Crippen LogP contribution is 2.12. The molecule has 0 aliphatic carbocycles. The van der Waals surface area contributed by atoms with Gasteiger partial charge in [0.05, 0.1) is 19.4 Å². The fourth-order valence-electron chi connectivity index (χ4n) is 3.21. The lowest BCUT2D eigenvalue weighted by Crippen LogP contribution is -2.51. The molecule has 1 aliphatic rings. The minimum Gasteiger partial charge on any atom is -0.379 e. The van der Waals surface area contributed by atoms with Crippen LogP contribution >= 0.6 is 24.0 Å². The highest BCUT2D eigenvalue weighted by molar-refractivity contribution is 14.0. The second-order valence-corrected chi connectivity index (χ2v) is 7.08. The molecule has 0 aromatic carbocycles. The van der Waals surface area contributed by atoms with Crippen LogP contribution in [0.4, 0.5) is 0 Å². The summed E-state index contributed by atoms with van der Waals surface area (Å²) < 4.78 is 7.33. The number of hydrogen-bond donors (Lipinski definition) is 2.